The molecule has 4 heteroatoms. The van der Waals surface area contributed by atoms with Crippen LogP contribution in [0.3, 0.4) is 0 Å². The molecule has 0 heterocycles. The number of rotatable bonds is 4. The topological polar surface area (TPSA) is 49.7 Å². The van der Waals surface area contributed by atoms with E-state index in [0.717, 1.165) is 35.7 Å². The van der Waals surface area contributed by atoms with Gasteiger partial charge in [-0.05, 0) is 34.8 Å². The van der Waals surface area contributed by atoms with E-state index in [1.54, 1.807) is 0 Å². The van der Waals surface area contributed by atoms with Crippen LogP contribution in [0.25, 0.3) is 0 Å². The lowest BCUT2D eigenvalue weighted by molar-refractivity contribution is -0.0344. The first-order valence-electron chi connectivity index (χ1n) is 6.38. The van der Waals surface area contributed by atoms with Gasteiger partial charge in [-0.15, -0.1) is 0 Å². The molecule has 0 radical (unpaired) electrons. The van der Waals surface area contributed by atoms with Crippen LogP contribution in [0.15, 0.2) is 22.7 Å². The van der Waals surface area contributed by atoms with Gasteiger partial charge in [-0.3, -0.25) is 0 Å². The maximum Gasteiger partial charge on any atom is 0.139 e. The van der Waals surface area contributed by atoms with E-state index < -0.39 is 5.60 Å². The van der Waals surface area contributed by atoms with Gasteiger partial charge in [0.25, 0.3) is 0 Å². The fourth-order valence-corrected chi connectivity index (χ4v) is 2.92. The number of ether oxygens (including phenoxy) is 1. The SMILES string of the molecule is OCc1cccc(Br)c1OCC1(O)CCCCC1. The number of benzene rings is 1. The number of para-hydroxylation sites is 1. The summed E-state index contributed by atoms with van der Waals surface area (Å²) in [4.78, 5) is 0. The van der Waals surface area contributed by atoms with Crippen LogP contribution in [0.1, 0.15) is 37.7 Å². The summed E-state index contributed by atoms with van der Waals surface area (Å²) < 4.78 is 6.56. The first-order valence-corrected chi connectivity index (χ1v) is 7.17. The van der Waals surface area contributed by atoms with Gasteiger partial charge in [-0.2, -0.15) is 0 Å². The van der Waals surface area contributed by atoms with Gasteiger partial charge in [-0.25, -0.2) is 0 Å². The molecule has 100 valence electrons. The zero-order chi connectivity index (χ0) is 13.0. The van der Waals surface area contributed by atoms with Crippen LogP contribution < -0.4 is 4.74 Å². The minimum absolute atomic E-state index is 0.0623. The number of hydrogen-bond donors (Lipinski definition) is 2. The van der Waals surface area contributed by atoms with Crippen molar-refractivity contribution in [1.29, 1.82) is 0 Å². The second-order valence-corrected chi connectivity index (χ2v) is 5.81. The molecule has 0 saturated heterocycles. The Morgan fingerprint density at radius 3 is 2.61 bits per heavy atom. The van der Waals surface area contributed by atoms with Gasteiger partial charge in [0.2, 0.25) is 0 Å². The van der Waals surface area contributed by atoms with Crippen molar-refractivity contribution in [2.24, 2.45) is 0 Å². The highest BCUT2D eigenvalue weighted by molar-refractivity contribution is 9.10. The van der Waals surface area contributed by atoms with Gasteiger partial charge >= 0.3 is 0 Å². The van der Waals surface area contributed by atoms with Crippen LogP contribution in [0.4, 0.5) is 0 Å². The fraction of sp³-hybridized carbons (Fsp3) is 0.571. The Balaban J connectivity index is 2.05. The Bertz CT molecular complexity index is 400. The highest BCUT2D eigenvalue weighted by atomic mass is 79.9. The molecule has 1 aromatic carbocycles. The Morgan fingerprint density at radius 1 is 1.22 bits per heavy atom. The molecule has 1 saturated carbocycles. The second-order valence-electron chi connectivity index (χ2n) is 4.96. The molecule has 1 fully saturated rings. The normalized spacial score (nSPS) is 18.6. The van der Waals surface area contributed by atoms with E-state index in [9.17, 15) is 10.2 Å². The summed E-state index contributed by atoms with van der Waals surface area (Å²) in [5, 5.41) is 19.7. The summed E-state index contributed by atoms with van der Waals surface area (Å²) in [5.41, 5.74) is 0.0315. The zero-order valence-corrected chi connectivity index (χ0v) is 11.9. The minimum Gasteiger partial charge on any atom is -0.489 e. The second kappa shape index (κ2) is 6.04. The maximum atomic E-state index is 10.4. The number of aliphatic hydroxyl groups is 2. The Labute approximate surface area is 116 Å². The summed E-state index contributed by atoms with van der Waals surface area (Å²) in [6, 6.07) is 5.56. The number of aliphatic hydroxyl groups excluding tert-OH is 1. The lowest BCUT2D eigenvalue weighted by Crippen LogP contribution is -2.38. The van der Waals surface area contributed by atoms with Gasteiger partial charge in [0, 0.05) is 5.56 Å². The van der Waals surface area contributed by atoms with Crippen molar-refractivity contribution >= 4 is 15.9 Å². The van der Waals surface area contributed by atoms with Gasteiger partial charge < -0.3 is 14.9 Å². The first kappa shape index (κ1) is 13.8. The Kier molecular flexibility index (Phi) is 4.65. The highest BCUT2D eigenvalue weighted by Gasteiger charge is 2.30. The van der Waals surface area contributed by atoms with Crippen molar-refractivity contribution in [3.8, 4) is 5.75 Å². The molecule has 0 amide bonds. The molecule has 1 aliphatic rings. The molecule has 0 aliphatic heterocycles. The summed E-state index contributed by atoms with van der Waals surface area (Å²) in [6.45, 7) is 0.232. The lowest BCUT2D eigenvalue weighted by Gasteiger charge is -2.32. The number of hydrogen-bond acceptors (Lipinski definition) is 3. The third-order valence-electron chi connectivity index (χ3n) is 3.49. The highest BCUT2D eigenvalue weighted by Crippen LogP contribution is 2.33. The summed E-state index contributed by atoms with van der Waals surface area (Å²) in [5.74, 6) is 0.638. The van der Waals surface area contributed by atoms with Gasteiger partial charge in [-0.1, -0.05) is 31.4 Å². The molecule has 1 aliphatic carbocycles. The van der Waals surface area contributed by atoms with Crippen LogP contribution in [-0.2, 0) is 6.61 Å². The molecule has 3 nitrogen and oxygen atoms in total. The van der Waals surface area contributed by atoms with Crippen LogP contribution in [0.2, 0.25) is 0 Å². The van der Waals surface area contributed by atoms with E-state index in [-0.39, 0.29) is 6.61 Å². The maximum absolute atomic E-state index is 10.4. The van der Waals surface area contributed by atoms with Crippen molar-refractivity contribution in [1.82, 2.24) is 0 Å². The van der Waals surface area contributed by atoms with Gasteiger partial charge in [0.15, 0.2) is 0 Å². The molecule has 2 rings (SSSR count). The first-order chi connectivity index (χ1) is 8.64. The molecule has 0 unspecified atom stereocenters. The lowest BCUT2D eigenvalue weighted by atomic mass is 9.85. The van der Waals surface area contributed by atoms with Crippen molar-refractivity contribution in [2.75, 3.05) is 6.61 Å². The summed E-state index contributed by atoms with van der Waals surface area (Å²) in [6.07, 6.45) is 4.91. The molecule has 0 atom stereocenters. The molecule has 0 bridgehead atoms. The predicted octanol–water partition coefficient (Wildman–Crippen LogP) is 3.02. The molecule has 2 N–H and O–H groups in total. The predicted molar refractivity (Wildman–Crippen MR) is 73.6 cm³/mol. The van der Waals surface area contributed by atoms with E-state index in [2.05, 4.69) is 15.9 Å². The molecule has 0 spiro atoms. The van der Waals surface area contributed by atoms with Crippen molar-refractivity contribution in [3.63, 3.8) is 0 Å². The average Bonchev–Trinajstić information content (AvgIpc) is 2.38. The van der Waals surface area contributed by atoms with Crippen LogP contribution >= 0.6 is 15.9 Å². The molecular weight excluding hydrogens is 296 g/mol. The largest absolute Gasteiger partial charge is 0.489 e. The molecule has 0 aromatic heterocycles. The van der Waals surface area contributed by atoms with E-state index in [1.807, 2.05) is 18.2 Å². The molecule has 1 aromatic rings. The number of halogens is 1. The van der Waals surface area contributed by atoms with Gasteiger partial charge in [0.1, 0.15) is 12.4 Å². The molecule has 18 heavy (non-hydrogen) atoms. The van der Waals surface area contributed by atoms with E-state index in [4.69, 9.17) is 4.74 Å². The quantitative estimate of drug-likeness (QED) is 0.898. The fourth-order valence-electron chi connectivity index (χ4n) is 2.40. The van der Waals surface area contributed by atoms with E-state index >= 15 is 0 Å². The van der Waals surface area contributed by atoms with Crippen LogP contribution in [0.5, 0.6) is 5.75 Å². The van der Waals surface area contributed by atoms with E-state index in [0.29, 0.717) is 12.4 Å². The van der Waals surface area contributed by atoms with Crippen LogP contribution in [0, 0.1) is 0 Å². The standard InChI is InChI=1S/C14H19BrO3/c15-12-6-4-5-11(9-16)13(12)18-10-14(17)7-2-1-3-8-14/h4-6,16-17H,1-3,7-10H2. The van der Waals surface area contributed by atoms with E-state index in [1.165, 1.54) is 6.42 Å². The zero-order valence-electron chi connectivity index (χ0n) is 10.4. The van der Waals surface area contributed by atoms with Crippen molar-refractivity contribution < 1.29 is 14.9 Å². The smallest absolute Gasteiger partial charge is 0.139 e. The van der Waals surface area contributed by atoms with Crippen molar-refractivity contribution in [2.45, 2.75) is 44.3 Å². The Hall–Kier alpha value is -0.580. The minimum atomic E-state index is -0.708. The Morgan fingerprint density at radius 2 is 1.94 bits per heavy atom. The monoisotopic (exact) mass is 314 g/mol. The third-order valence-corrected chi connectivity index (χ3v) is 4.11. The summed E-state index contributed by atoms with van der Waals surface area (Å²) in [7, 11) is 0. The molecular formula is C14H19BrO3. The van der Waals surface area contributed by atoms with Crippen LogP contribution in [-0.4, -0.2) is 22.4 Å². The third kappa shape index (κ3) is 3.25. The average molecular weight is 315 g/mol. The summed E-state index contributed by atoms with van der Waals surface area (Å²) >= 11 is 3.41. The van der Waals surface area contributed by atoms with Gasteiger partial charge in [0.05, 0.1) is 16.7 Å². The van der Waals surface area contributed by atoms with Crippen molar-refractivity contribution in [3.05, 3.63) is 28.2 Å².